The summed E-state index contributed by atoms with van der Waals surface area (Å²) in [6.07, 6.45) is 0.356. The Morgan fingerprint density at radius 1 is 1.24 bits per heavy atom. The first-order valence-electron chi connectivity index (χ1n) is 6.60. The van der Waals surface area contributed by atoms with Crippen molar-refractivity contribution in [3.63, 3.8) is 0 Å². The summed E-state index contributed by atoms with van der Waals surface area (Å²) in [7, 11) is 0. The monoisotopic (exact) mass is 321 g/mol. The average Bonchev–Trinajstić information content (AvgIpc) is 2.94. The van der Waals surface area contributed by atoms with E-state index in [0.717, 1.165) is 11.1 Å². The largest absolute Gasteiger partial charge is 0.325 e. The van der Waals surface area contributed by atoms with Gasteiger partial charge in [-0.3, -0.25) is 9.59 Å². The minimum atomic E-state index is -0.200. The van der Waals surface area contributed by atoms with Crippen LogP contribution in [0, 0.1) is 13.8 Å². The van der Waals surface area contributed by atoms with Crippen molar-refractivity contribution in [3.8, 4) is 0 Å². The third-order valence-electron chi connectivity index (χ3n) is 3.07. The van der Waals surface area contributed by atoms with E-state index in [1.54, 1.807) is 12.1 Å². The van der Waals surface area contributed by atoms with E-state index in [0.29, 0.717) is 15.6 Å². The molecule has 1 aromatic heterocycles. The topological polar surface area (TPSA) is 46.2 Å². The molecule has 1 heterocycles. The van der Waals surface area contributed by atoms with E-state index in [2.05, 4.69) is 5.32 Å². The molecule has 0 atom stereocenters. The minimum absolute atomic E-state index is 0.00752. The zero-order valence-electron chi connectivity index (χ0n) is 11.9. The Bertz CT molecular complexity index is 642. The Labute approximate surface area is 132 Å². The molecule has 0 aliphatic carbocycles. The lowest BCUT2D eigenvalue weighted by Crippen LogP contribution is -2.14. The maximum atomic E-state index is 12.0. The summed E-state index contributed by atoms with van der Waals surface area (Å²) in [6, 6.07) is 7.36. The van der Waals surface area contributed by atoms with E-state index in [9.17, 15) is 9.59 Å². The van der Waals surface area contributed by atoms with Crippen LogP contribution in [-0.4, -0.2) is 11.7 Å². The van der Waals surface area contributed by atoms with Crippen LogP contribution < -0.4 is 5.32 Å². The molecule has 0 saturated heterocycles. The van der Waals surface area contributed by atoms with Crippen LogP contribution >= 0.6 is 22.9 Å². The maximum absolute atomic E-state index is 12.0. The molecule has 1 amide bonds. The van der Waals surface area contributed by atoms with Gasteiger partial charge in [0, 0.05) is 12.8 Å². The third-order valence-corrected chi connectivity index (χ3v) is 4.28. The second kappa shape index (κ2) is 6.87. The fraction of sp³-hybridized carbons (Fsp3) is 0.250. The number of aryl methyl sites for hydroxylation is 2. The third kappa shape index (κ3) is 4.16. The molecule has 3 nitrogen and oxygen atoms in total. The van der Waals surface area contributed by atoms with Crippen LogP contribution in [0.1, 0.15) is 33.6 Å². The van der Waals surface area contributed by atoms with Crippen molar-refractivity contribution in [1.29, 1.82) is 0 Å². The van der Waals surface area contributed by atoms with E-state index >= 15 is 0 Å². The number of nitrogens with one attached hydrogen (secondary N) is 1. The highest BCUT2D eigenvalue weighted by atomic mass is 35.5. The number of carbonyl (C=O) groups is 2. The van der Waals surface area contributed by atoms with Crippen LogP contribution in [0.15, 0.2) is 29.6 Å². The zero-order valence-corrected chi connectivity index (χ0v) is 13.5. The molecule has 21 heavy (non-hydrogen) atoms. The van der Waals surface area contributed by atoms with Crippen LogP contribution in [0.25, 0.3) is 0 Å². The summed E-state index contributed by atoms with van der Waals surface area (Å²) in [5.41, 5.74) is 2.58. The summed E-state index contributed by atoms with van der Waals surface area (Å²) in [4.78, 5) is 24.5. The number of rotatable bonds is 5. The standard InChI is InChI=1S/C16H16ClNO2S/c1-10-8-11(2)16(12(17)9-10)18-15(20)6-5-13(19)14-4-3-7-21-14/h3-4,7-9H,5-6H2,1-2H3,(H,18,20). The zero-order chi connectivity index (χ0) is 15.4. The summed E-state index contributed by atoms with van der Waals surface area (Å²) in [5.74, 6) is -0.208. The van der Waals surface area contributed by atoms with Crippen LogP contribution in [0.3, 0.4) is 0 Å². The predicted molar refractivity (Wildman–Crippen MR) is 87.4 cm³/mol. The second-order valence-corrected chi connectivity index (χ2v) is 6.24. The Hall–Kier alpha value is -1.65. The highest BCUT2D eigenvalue weighted by molar-refractivity contribution is 7.12. The van der Waals surface area contributed by atoms with Gasteiger partial charge in [-0.15, -0.1) is 11.3 Å². The number of carbonyl (C=O) groups excluding carboxylic acids is 2. The van der Waals surface area contributed by atoms with E-state index in [-0.39, 0.29) is 24.5 Å². The summed E-state index contributed by atoms with van der Waals surface area (Å²) >= 11 is 7.53. The molecule has 0 fully saturated rings. The maximum Gasteiger partial charge on any atom is 0.224 e. The van der Waals surface area contributed by atoms with Gasteiger partial charge >= 0.3 is 0 Å². The first-order chi connectivity index (χ1) is 9.97. The Balaban J connectivity index is 1.95. The molecule has 2 rings (SSSR count). The normalized spacial score (nSPS) is 10.4. The molecular formula is C16H16ClNO2S. The number of amides is 1. The molecule has 1 aromatic carbocycles. The number of benzene rings is 1. The number of hydrogen-bond donors (Lipinski definition) is 1. The second-order valence-electron chi connectivity index (χ2n) is 4.89. The first kappa shape index (κ1) is 15.7. The molecular weight excluding hydrogens is 306 g/mol. The number of thiophene rings is 1. The quantitative estimate of drug-likeness (QED) is 0.817. The van der Waals surface area contributed by atoms with Crippen molar-refractivity contribution in [3.05, 3.63) is 50.7 Å². The van der Waals surface area contributed by atoms with Crippen molar-refractivity contribution < 1.29 is 9.59 Å². The average molecular weight is 322 g/mol. The highest BCUT2D eigenvalue weighted by Gasteiger charge is 2.12. The van der Waals surface area contributed by atoms with E-state index in [1.165, 1.54) is 11.3 Å². The van der Waals surface area contributed by atoms with Crippen molar-refractivity contribution >= 4 is 40.3 Å². The van der Waals surface area contributed by atoms with Crippen LogP contribution in [0.5, 0.6) is 0 Å². The predicted octanol–water partition coefficient (Wildman–Crippen LogP) is 4.62. The van der Waals surface area contributed by atoms with Crippen LogP contribution in [0.2, 0.25) is 5.02 Å². The molecule has 110 valence electrons. The van der Waals surface area contributed by atoms with Gasteiger partial charge in [-0.1, -0.05) is 23.7 Å². The Morgan fingerprint density at radius 2 is 2.00 bits per heavy atom. The van der Waals surface area contributed by atoms with Crippen molar-refractivity contribution in [1.82, 2.24) is 0 Å². The van der Waals surface area contributed by atoms with Gasteiger partial charge in [0.05, 0.1) is 15.6 Å². The minimum Gasteiger partial charge on any atom is -0.325 e. The van der Waals surface area contributed by atoms with Gasteiger partial charge in [-0.05, 0) is 42.5 Å². The molecule has 0 unspecified atom stereocenters. The number of anilines is 1. The van der Waals surface area contributed by atoms with Gasteiger partial charge in [-0.25, -0.2) is 0 Å². The molecule has 5 heteroatoms. The van der Waals surface area contributed by atoms with Crippen molar-refractivity contribution in [2.45, 2.75) is 26.7 Å². The van der Waals surface area contributed by atoms with Gasteiger partial charge in [-0.2, -0.15) is 0 Å². The van der Waals surface area contributed by atoms with Gasteiger partial charge in [0.15, 0.2) is 5.78 Å². The highest BCUT2D eigenvalue weighted by Crippen LogP contribution is 2.27. The van der Waals surface area contributed by atoms with E-state index < -0.39 is 0 Å². The first-order valence-corrected chi connectivity index (χ1v) is 7.86. The molecule has 2 aromatic rings. The van der Waals surface area contributed by atoms with Gasteiger partial charge < -0.3 is 5.32 Å². The number of hydrogen-bond acceptors (Lipinski definition) is 3. The molecule has 1 N–H and O–H groups in total. The SMILES string of the molecule is Cc1cc(C)c(NC(=O)CCC(=O)c2cccs2)c(Cl)c1. The summed E-state index contributed by atoms with van der Waals surface area (Å²) < 4.78 is 0. The molecule has 0 aliphatic heterocycles. The Kier molecular flexibility index (Phi) is 5.15. The van der Waals surface area contributed by atoms with Gasteiger partial charge in [0.25, 0.3) is 0 Å². The number of ketones is 1. The fourth-order valence-corrected chi connectivity index (χ4v) is 3.13. The Morgan fingerprint density at radius 3 is 2.62 bits per heavy atom. The van der Waals surface area contributed by atoms with Crippen LogP contribution in [-0.2, 0) is 4.79 Å². The molecule has 0 saturated carbocycles. The molecule has 0 spiro atoms. The van der Waals surface area contributed by atoms with Gasteiger partial charge in [0.2, 0.25) is 5.91 Å². The number of Topliss-reactive ketones (excluding diaryl/α,β-unsaturated/α-hetero) is 1. The van der Waals surface area contributed by atoms with Crippen molar-refractivity contribution in [2.75, 3.05) is 5.32 Å². The summed E-state index contributed by atoms with van der Waals surface area (Å²) in [6.45, 7) is 3.84. The molecule has 0 aliphatic rings. The van der Waals surface area contributed by atoms with E-state index in [1.807, 2.05) is 31.4 Å². The lowest BCUT2D eigenvalue weighted by atomic mass is 10.1. The molecule has 0 bridgehead atoms. The van der Waals surface area contributed by atoms with E-state index in [4.69, 9.17) is 11.6 Å². The van der Waals surface area contributed by atoms with Crippen LogP contribution in [0.4, 0.5) is 5.69 Å². The fourth-order valence-electron chi connectivity index (χ4n) is 2.06. The summed E-state index contributed by atoms with van der Waals surface area (Å²) in [5, 5.41) is 5.16. The smallest absolute Gasteiger partial charge is 0.224 e. The van der Waals surface area contributed by atoms with Gasteiger partial charge in [0.1, 0.15) is 0 Å². The lowest BCUT2D eigenvalue weighted by molar-refractivity contribution is -0.116. The number of halogens is 1. The van der Waals surface area contributed by atoms with Crippen molar-refractivity contribution in [2.24, 2.45) is 0 Å². The molecule has 0 radical (unpaired) electrons. The lowest BCUT2D eigenvalue weighted by Gasteiger charge is -2.11.